The van der Waals surface area contributed by atoms with Gasteiger partial charge < -0.3 is 29.9 Å². The van der Waals surface area contributed by atoms with Crippen LogP contribution in [0.2, 0.25) is 0 Å². The average molecular weight is 1880 g/mol. The fraction of sp³-hybridized carbons (Fsp3) is 0.116. The smallest absolute Gasteiger partial charge is 0.0239 e. The van der Waals surface area contributed by atoms with Gasteiger partial charge in [-0.2, -0.15) is 0 Å². The van der Waals surface area contributed by atoms with E-state index in [1.165, 1.54) is 121 Å². The zero-order chi connectivity index (χ0) is 68.3. The van der Waals surface area contributed by atoms with Gasteiger partial charge in [-0.1, -0.05) is 161 Å². The molecular formula is C95H76Ir3N6-6. The molecule has 0 atom stereocenters. The number of rotatable bonds is 9. The number of pyridine rings is 6. The second-order valence-corrected chi connectivity index (χ2v) is 24.8. The molecule has 0 fully saturated rings. The Morgan fingerprint density at radius 3 is 0.856 bits per heavy atom. The summed E-state index contributed by atoms with van der Waals surface area (Å²) in [6.07, 6.45) is 25.3. The van der Waals surface area contributed by atoms with Crippen molar-refractivity contribution in [2.45, 2.75) is 70.6 Å². The first-order valence-corrected chi connectivity index (χ1v) is 34.9. The Balaban J connectivity index is 0.000000133. The van der Waals surface area contributed by atoms with Crippen molar-refractivity contribution in [3.05, 3.63) is 398 Å². The van der Waals surface area contributed by atoms with E-state index in [1.807, 2.05) is 231 Å². The number of hydrogen-bond acceptors (Lipinski definition) is 6. The first-order chi connectivity index (χ1) is 50.1. The normalized spacial score (nSPS) is 11.8. The minimum absolute atomic E-state index is 0. The fourth-order valence-electron chi connectivity index (χ4n) is 12.7. The van der Waals surface area contributed by atoms with Gasteiger partial charge in [0.2, 0.25) is 0 Å². The number of fused-ring (bicyclic) bond motifs is 3. The maximum Gasteiger partial charge on any atom is 0.0239 e. The molecule has 0 saturated carbocycles. The van der Waals surface area contributed by atoms with Crippen molar-refractivity contribution >= 4 is 0 Å². The number of benzene rings is 9. The molecule has 0 amide bonds. The van der Waals surface area contributed by atoms with Crippen LogP contribution < -0.4 is 0 Å². The van der Waals surface area contributed by atoms with Crippen molar-refractivity contribution in [3.8, 4) is 101 Å². The molecule has 0 N–H and O–H groups in total. The molecule has 0 aliphatic heterocycles. The molecule has 0 bridgehead atoms. The number of aryl methyl sites for hydroxylation is 4. The fourth-order valence-corrected chi connectivity index (χ4v) is 12.7. The summed E-state index contributed by atoms with van der Waals surface area (Å²) < 4.78 is 0. The molecule has 104 heavy (non-hydrogen) atoms. The average Bonchev–Trinajstić information content (AvgIpc) is 1.78. The second-order valence-electron chi connectivity index (χ2n) is 24.8. The van der Waals surface area contributed by atoms with Crippen molar-refractivity contribution in [1.29, 1.82) is 0 Å². The Morgan fingerprint density at radius 1 is 0.212 bits per heavy atom. The van der Waals surface area contributed by atoms with Gasteiger partial charge in [0, 0.05) is 97.5 Å². The van der Waals surface area contributed by atoms with Crippen LogP contribution >= 0.6 is 0 Å². The van der Waals surface area contributed by atoms with Crippen molar-refractivity contribution in [2.24, 2.45) is 0 Å². The molecule has 0 unspecified atom stereocenters. The van der Waals surface area contributed by atoms with Crippen LogP contribution in [0.3, 0.4) is 0 Å². The topological polar surface area (TPSA) is 77.3 Å². The van der Waals surface area contributed by atoms with Crippen LogP contribution in [0.25, 0.3) is 101 Å². The summed E-state index contributed by atoms with van der Waals surface area (Å²) >= 11 is 0. The van der Waals surface area contributed by atoms with Crippen molar-refractivity contribution < 1.29 is 60.3 Å². The van der Waals surface area contributed by atoms with Gasteiger partial charge in [0.25, 0.3) is 0 Å². The first kappa shape index (κ1) is 76.5. The van der Waals surface area contributed by atoms with E-state index >= 15 is 0 Å². The Morgan fingerprint density at radius 2 is 0.510 bits per heavy atom. The van der Waals surface area contributed by atoms with E-state index in [1.54, 1.807) is 0 Å². The molecule has 3 aliphatic carbocycles. The summed E-state index contributed by atoms with van der Waals surface area (Å²) in [5.41, 5.74) is 28.3. The van der Waals surface area contributed by atoms with E-state index in [-0.39, 0.29) is 60.3 Å². The number of hydrogen-bond donors (Lipinski definition) is 0. The summed E-state index contributed by atoms with van der Waals surface area (Å²) in [6, 6.07) is 117. The molecule has 3 radical (unpaired) electrons. The van der Waals surface area contributed by atoms with Crippen LogP contribution in [0.5, 0.6) is 0 Å². The summed E-state index contributed by atoms with van der Waals surface area (Å²) in [5, 5.41) is 0. The van der Waals surface area contributed by atoms with Crippen LogP contribution in [-0.2, 0) is 98.8 Å². The van der Waals surface area contributed by atoms with Crippen LogP contribution in [0.4, 0.5) is 0 Å². The zero-order valence-electron chi connectivity index (χ0n) is 57.6. The molecule has 6 aromatic heterocycles. The van der Waals surface area contributed by atoms with Gasteiger partial charge in [0.1, 0.15) is 0 Å². The van der Waals surface area contributed by atoms with E-state index in [4.69, 9.17) is 0 Å². The van der Waals surface area contributed by atoms with Crippen LogP contribution in [0.15, 0.2) is 328 Å². The molecule has 3 aliphatic rings. The predicted molar refractivity (Wildman–Crippen MR) is 413 cm³/mol. The summed E-state index contributed by atoms with van der Waals surface area (Å²) in [7, 11) is 0. The monoisotopic (exact) mass is 1880 g/mol. The van der Waals surface area contributed by atoms with Gasteiger partial charge in [-0.25, -0.2) is 0 Å². The van der Waals surface area contributed by atoms with Gasteiger partial charge in [-0.15, -0.1) is 215 Å². The molecular weight excluding hydrogens is 1800 g/mol. The van der Waals surface area contributed by atoms with E-state index in [0.717, 1.165) is 84.2 Å². The predicted octanol–water partition coefficient (Wildman–Crippen LogP) is 22.5. The van der Waals surface area contributed by atoms with E-state index in [9.17, 15) is 0 Å². The molecule has 0 spiro atoms. The summed E-state index contributed by atoms with van der Waals surface area (Å²) in [5.74, 6) is 0. The Kier molecular flexibility index (Phi) is 29.9. The van der Waals surface area contributed by atoms with Gasteiger partial charge in [-0.05, 0) is 156 Å². The minimum Gasteiger partial charge on any atom is -0.304 e. The maximum atomic E-state index is 4.53. The number of aromatic nitrogens is 6. The largest absolute Gasteiger partial charge is 0.304 e. The van der Waals surface area contributed by atoms with Gasteiger partial charge in [0.15, 0.2) is 0 Å². The zero-order valence-corrected chi connectivity index (χ0v) is 64.8. The SMILES string of the molecule is [Ir].[Ir].[Ir].[c-]1ccccc1-c1cc2c(cn1)CCCC2.[c-]1ccccc1-c1ccc(-c2ccccc2)cn1.[c-]1ccccc1-c1ccc(-c2ccccc2)cn1.[c-]1ccccc1-c1ccc(-c2ccccc2)cn1.[c-]1ccccc1-c1nccc2c1CCC2.[c-]1ccccc1-c1nccc2c1CCCC2. The molecule has 519 valence electrons. The first-order valence-electron chi connectivity index (χ1n) is 34.9. The Bertz CT molecular complexity index is 4490. The quantitative estimate of drug-likeness (QED) is 0.134. The molecule has 6 heterocycles. The molecule has 18 rings (SSSR count). The van der Waals surface area contributed by atoms with Gasteiger partial charge >= 0.3 is 0 Å². The molecule has 9 aromatic carbocycles. The molecule has 6 nitrogen and oxygen atoms in total. The van der Waals surface area contributed by atoms with Gasteiger partial charge in [0.05, 0.1) is 0 Å². The minimum atomic E-state index is 0. The number of nitrogens with zero attached hydrogens (tertiary/aromatic N) is 6. The van der Waals surface area contributed by atoms with Crippen molar-refractivity contribution in [1.82, 2.24) is 29.9 Å². The van der Waals surface area contributed by atoms with Crippen LogP contribution in [-0.4, -0.2) is 29.9 Å². The van der Waals surface area contributed by atoms with Crippen LogP contribution in [0, 0.1) is 36.4 Å². The Labute approximate surface area is 654 Å². The van der Waals surface area contributed by atoms with E-state index in [2.05, 4.69) is 163 Å². The summed E-state index contributed by atoms with van der Waals surface area (Å²) in [4.78, 5) is 27.0. The maximum absolute atomic E-state index is 4.53. The molecule has 0 saturated heterocycles. The standard InChI is InChI=1S/3C17H12N.2C15H14N.C14H12N.3Ir/c3*1-3-7-14(8-4-1)16-11-12-17(18-13-16)15-9-5-2-6-10-15;1-2-7-13(8-3-1)15-14-9-5-4-6-12(14)10-11-16-15;1-2-6-12(7-3-1)15-10-13-8-4-5-9-14(13)11-16-15;1-2-5-12(6-3-1)14-13-8-4-7-11(13)9-10-15-14;;;/h3*1-9,11-13H;1-3,7,10-11H,4-6,9H2;1-3,6,10-11H,4-5,8-9H2;1-3,5,9-10H,4,7-8H2;;;/q6*-1;;;. The molecule has 15 aromatic rings. The van der Waals surface area contributed by atoms with Crippen LogP contribution in [0.1, 0.15) is 65.5 Å². The Hall–Kier alpha value is -10.2. The van der Waals surface area contributed by atoms with Crippen molar-refractivity contribution in [3.63, 3.8) is 0 Å². The third kappa shape index (κ3) is 21.2. The summed E-state index contributed by atoms with van der Waals surface area (Å²) in [6.45, 7) is 0. The third-order valence-corrected chi connectivity index (χ3v) is 18.0. The molecule has 9 heteroatoms. The van der Waals surface area contributed by atoms with Gasteiger partial charge in [-0.3, -0.25) is 0 Å². The van der Waals surface area contributed by atoms with E-state index < -0.39 is 0 Å². The van der Waals surface area contributed by atoms with E-state index in [0.29, 0.717) is 0 Å². The van der Waals surface area contributed by atoms with Crippen molar-refractivity contribution in [2.75, 3.05) is 0 Å². The third-order valence-electron chi connectivity index (χ3n) is 18.0. The second kappa shape index (κ2) is 40.6.